The first-order valence-electron chi connectivity index (χ1n) is 5.68. The highest BCUT2D eigenvalue weighted by Crippen LogP contribution is 2.11. The molecule has 0 aromatic heterocycles. The van der Waals surface area contributed by atoms with Crippen LogP contribution in [0.5, 0.6) is 0 Å². The normalized spacial score (nSPS) is 9.26. The number of benzene rings is 1. The van der Waals surface area contributed by atoms with E-state index in [1.807, 2.05) is 0 Å². The van der Waals surface area contributed by atoms with E-state index in [0.717, 1.165) is 5.69 Å². The summed E-state index contributed by atoms with van der Waals surface area (Å²) in [5, 5.41) is 3.01. The van der Waals surface area contributed by atoms with Gasteiger partial charge in [0.1, 0.15) is 0 Å². The number of terminal acetylenes is 1. The van der Waals surface area contributed by atoms with Gasteiger partial charge in [0.25, 0.3) is 0 Å². The van der Waals surface area contributed by atoms with E-state index in [1.54, 1.807) is 24.3 Å². The summed E-state index contributed by atoms with van der Waals surface area (Å²) in [6.07, 6.45) is 5.26. The Bertz CT molecular complexity index is 490. The van der Waals surface area contributed by atoms with Crippen molar-refractivity contribution in [1.29, 1.82) is 0 Å². The summed E-state index contributed by atoms with van der Waals surface area (Å²) in [5.74, 6) is 1.45. The van der Waals surface area contributed by atoms with Crippen LogP contribution in [0.25, 0.3) is 0 Å². The Morgan fingerprint density at radius 3 is 2.89 bits per heavy atom. The van der Waals surface area contributed by atoms with Crippen molar-refractivity contribution in [3.8, 4) is 12.3 Å². The summed E-state index contributed by atoms with van der Waals surface area (Å²) < 4.78 is 9.34. The average Bonchev–Trinajstić information content (AvgIpc) is 2.44. The van der Waals surface area contributed by atoms with Crippen LogP contribution >= 0.6 is 0 Å². The number of carbonyl (C=O) groups excluding carboxylic acids is 2. The lowest BCUT2D eigenvalue weighted by Crippen LogP contribution is -2.10. The van der Waals surface area contributed by atoms with Gasteiger partial charge in [-0.3, -0.25) is 4.79 Å². The van der Waals surface area contributed by atoms with E-state index >= 15 is 0 Å². The molecule has 0 spiro atoms. The minimum atomic E-state index is -0.477. The van der Waals surface area contributed by atoms with Gasteiger partial charge in [0.05, 0.1) is 19.1 Å². The standard InChI is InChI=1S/C14H15NO4/c1-3-9-19-14(17)11-5-4-6-12(10-11)15-8-7-13(16)18-2/h1,4-6,10,15H,7-9H2,2H3. The molecule has 1 aromatic rings. The molecule has 0 aliphatic carbocycles. The van der Waals surface area contributed by atoms with Crippen LogP contribution in [0.15, 0.2) is 24.3 Å². The fraction of sp³-hybridized carbons (Fsp3) is 0.286. The molecule has 0 aliphatic rings. The molecule has 0 fully saturated rings. The van der Waals surface area contributed by atoms with E-state index in [0.29, 0.717) is 12.1 Å². The highest BCUT2D eigenvalue weighted by Gasteiger charge is 2.07. The number of anilines is 1. The zero-order valence-electron chi connectivity index (χ0n) is 10.6. The van der Waals surface area contributed by atoms with Gasteiger partial charge >= 0.3 is 11.9 Å². The first kappa shape index (κ1) is 14.6. The molecule has 1 N–H and O–H groups in total. The van der Waals surface area contributed by atoms with Crippen LogP contribution in [0.1, 0.15) is 16.8 Å². The van der Waals surface area contributed by atoms with Crippen LogP contribution in [0.4, 0.5) is 5.69 Å². The average molecular weight is 261 g/mol. The molecule has 19 heavy (non-hydrogen) atoms. The molecule has 100 valence electrons. The molecule has 5 heteroatoms. The lowest BCUT2D eigenvalue weighted by atomic mass is 10.2. The summed E-state index contributed by atoms with van der Waals surface area (Å²) in [6, 6.07) is 6.77. The third-order valence-electron chi connectivity index (χ3n) is 2.27. The lowest BCUT2D eigenvalue weighted by molar-refractivity contribution is -0.140. The third-order valence-corrected chi connectivity index (χ3v) is 2.27. The van der Waals surface area contributed by atoms with E-state index in [9.17, 15) is 9.59 Å². The van der Waals surface area contributed by atoms with Gasteiger partial charge in [-0.15, -0.1) is 6.42 Å². The van der Waals surface area contributed by atoms with E-state index in [2.05, 4.69) is 16.0 Å². The van der Waals surface area contributed by atoms with Crippen molar-refractivity contribution < 1.29 is 19.1 Å². The molecular weight excluding hydrogens is 246 g/mol. The molecule has 1 rings (SSSR count). The fourth-order valence-corrected chi connectivity index (χ4v) is 1.36. The molecule has 0 atom stereocenters. The second-order valence-electron chi connectivity index (χ2n) is 3.61. The Morgan fingerprint density at radius 1 is 1.42 bits per heavy atom. The first-order chi connectivity index (χ1) is 9.17. The molecule has 0 heterocycles. The van der Waals surface area contributed by atoms with Crippen LogP contribution in [-0.2, 0) is 14.3 Å². The van der Waals surface area contributed by atoms with Gasteiger partial charge < -0.3 is 14.8 Å². The van der Waals surface area contributed by atoms with E-state index < -0.39 is 5.97 Å². The monoisotopic (exact) mass is 261 g/mol. The predicted octanol–water partition coefficient (Wildman–Crippen LogP) is 1.45. The number of carbonyl (C=O) groups is 2. The highest BCUT2D eigenvalue weighted by molar-refractivity contribution is 5.90. The molecule has 0 radical (unpaired) electrons. The Kier molecular flexibility index (Phi) is 5.96. The minimum Gasteiger partial charge on any atom is -0.469 e. The van der Waals surface area contributed by atoms with Gasteiger partial charge in [-0.05, 0) is 18.2 Å². The van der Waals surface area contributed by atoms with Gasteiger partial charge in [0.2, 0.25) is 0 Å². The molecule has 0 bridgehead atoms. The number of esters is 2. The van der Waals surface area contributed by atoms with Crippen molar-refractivity contribution >= 4 is 17.6 Å². The molecule has 0 aliphatic heterocycles. The molecule has 0 amide bonds. The van der Waals surface area contributed by atoms with Gasteiger partial charge in [-0.1, -0.05) is 12.0 Å². The van der Waals surface area contributed by atoms with Crippen molar-refractivity contribution in [3.05, 3.63) is 29.8 Å². The van der Waals surface area contributed by atoms with Crippen LogP contribution in [0.3, 0.4) is 0 Å². The summed E-state index contributed by atoms with van der Waals surface area (Å²) in [6.45, 7) is 0.369. The molecule has 5 nitrogen and oxygen atoms in total. The molecule has 0 saturated heterocycles. The third kappa shape index (κ3) is 5.13. The number of nitrogens with one attached hydrogen (secondary N) is 1. The van der Waals surface area contributed by atoms with Crippen molar-refractivity contribution in [2.45, 2.75) is 6.42 Å². The maximum absolute atomic E-state index is 11.6. The van der Waals surface area contributed by atoms with Crippen LogP contribution in [-0.4, -0.2) is 32.2 Å². The minimum absolute atomic E-state index is 0.0567. The van der Waals surface area contributed by atoms with Gasteiger partial charge in [-0.2, -0.15) is 0 Å². The number of ether oxygens (including phenoxy) is 2. The summed E-state index contributed by atoms with van der Waals surface area (Å²) in [5.41, 5.74) is 1.12. The van der Waals surface area contributed by atoms with Crippen molar-refractivity contribution in [2.24, 2.45) is 0 Å². The topological polar surface area (TPSA) is 64.6 Å². The maximum atomic E-state index is 11.6. The summed E-state index contributed by atoms with van der Waals surface area (Å²) >= 11 is 0. The SMILES string of the molecule is C#CCOC(=O)c1cccc(NCCC(=O)OC)c1. The quantitative estimate of drug-likeness (QED) is 0.620. The van der Waals surface area contributed by atoms with E-state index in [1.165, 1.54) is 7.11 Å². The maximum Gasteiger partial charge on any atom is 0.339 e. The zero-order valence-corrected chi connectivity index (χ0v) is 10.6. The van der Waals surface area contributed by atoms with Gasteiger partial charge in [0.15, 0.2) is 6.61 Å². The Hall–Kier alpha value is -2.48. The van der Waals surface area contributed by atoms with Crippen molar-refractivity contribution in [2.75, 3.05) is 25.6 Å². The number of rotatable bonds is 6. The molecule has 0 saturated carbocycles. The smallest absolute Gasteiger partial charge is 0.339 e. The molecular formula is C14H15NO4. The Labute approximate surface area is 111 Å². The van der Waals surface area contributed by atoms with Crippen LogP contribution in [0, 0.1) is 12.3 Å². The van der Waals surface area contributed by atoms with Crippen molar-refractivity contribution in [1.82, 2.24) is 0 Å². The van der Waals surface area contributed by atoms with Gasteiger partial charge in [0, 0.05) is 12.2 Å². The second kappa shape index (κ2) is 7.77. The zero-order chi connectivity index (χ0) is 14.1. The fourth-order valence-electron chi connectivity index (χ4n) is 1.36. The van der Waals surface area contributed by atoms with Crippen LogP contribution in [0.2, 0.25) is 0 Å². The Balaban J connectivity index is 2.55. The largest absolute Gasteiger partial charge is 0.469 e. The highest BCUT2D eigenvalue weighted by atomic mass is 16.5. The Morgan fingerprint density at radius 2 is 2.21 bits per heavy atom. The van der Waals surface area contributed by atoms with Crippen LogP contribution < -0.4 is 5.32 Å². The van der Waals surface area contributed by atoms with E-state index in [4.69, 9.17) is 11.2 Å². The second-order valence-corrected chi connectivity index (χ2v) is 3.61. The summed E-state index contributed by atoms with van der Waals surface area (Å²) in [7, 11) is 1.34. The number of hydrogen-bond acceptors (Lipinski definition) is 5. The lowest BCUT2D eigenvalue weighted by Gasteiger charge is -2.07. The molecule has 0 unspecified atom stereocenters. The van der Waals surface area contributed by atoms with Crippen molar-refractivity contribution in [3.63, 3.8) is 0 Å². The van der Waals surface area contributed by atoms with Gasteiger partial charge in [-0.25, -0.2) is 4.79 Å². The molecule has 1 aromatic carbocycles. The number of hydrogen-bond donors (Lipinski definition) is 1. The number of methoxy groups -OCH3 is 1. The van der Waals surface area contributed by atoms with E-state index in [-0.39, 0.29) is 19.0 Å². The predicted molar refractivity (Wildman–Crippen MR) is 70.7 cm³/mol. The summed E-state index contributed by atoms with van der Waals surface area (Å²) in [4.78, 5) is 22.5. The first-order valence-corrected chi connectivity index (χ1v) is 5.68.